The number of amides is 1. The van der Waals surface area contributed by atoms with Crippen LogP contribution in [0.15, 0.2) is 11.1 Å². The number of aromatic nitrogens is 4. The number of imidazole rings is 1. The topological polar surface area (TPSA) is 128 Å². The van der Waals surface area contributed by atoms with E-state index >= 15 is 0 Å². The van der Waals surface area contributed by atoms with Crippen molar-refractivity contribution in [3.63, 3.8) is 0 Å². The third-order valence-electron chi connectivity index (χ3n) is 6.70. The Balaban J connectivity index is 2.11. The van der Waals surface area contributed by atoms with Gasteiger partial charge in [0.25, 0.3) is 5.56 Å². The number of fused-ring (bicyclic) bond motifs is 1. The number of carbonyl (C=O) groups excluding carboxylic acids is 1. The van der Waals surface area contributed by atoms with Crippen molar-refractivity contribution in [2.24, 2.45) is 5.92 Å². The Morgan fingerprint density at radius 2 is 2.00 bits per heavy atom. The summed E-state index contributed by atoms with van der Waals surface area (Å²) >= 11 is 1.66. The van der Waals surface area contributed by atoms with Gasteiger partial charge in [-0.05, 0) is 24.6 Å². The van der Waals surface area contributed by atoms with Crippen molar-refractivity contribution in [1.29, 1.82) is 0 Å². The van der Waals surface area contributed by atoms with E-state index in [9.17, 15) is 14.2 Å². The lowest BCUT2D eigenvalue weighted by Gasteiger charge is -2.41. The summed E-state index contributed by atoms with van der Waals surface area (Å²) in [5.74, 6) is -0.444. The van der Waals surface area contributed by atoms with E-state index < -0.39 is 28.0 Å². The standard InChI is InChI=1S/C22H38N5O5PSSi/c1-10-13-15(31-33(7)30)16(32-35(8,9)22(4,5)6)20(34-13)27-11-23-14-17(27)24-21(26-19(14)29)25-18(28)12(2)3/h11-13,15-16,20,33H,10H2,1-9H3,(H2,24,25,26,28,29)/t13-,15-,16-,20-/m1/s1. The van der Waals surface area contributed by atoms with Gasteiger partial charge in [0.05, 0.1) is 6.33 Å². The minimum Gasteiger partial charge on any atom is -0.408 e. The highest BCUT2D eigenvalue weighted by Crippen LogP contribution is 2.51. The lowest BCUT2D eigenvalue weighted by atomic mass is 10.1. The van der Waals surface area contributed by atoms with E-state index in [1.165, 1.54) is 0 Å². The molecule has 3 heterocycles. The molecular formula is C22H38N5O5PSSi. The Kier molecular flexibility index (Phi) is 8.43. The molecule has 1 fully saturated rings. The molecule has 0 saturated carbocycles. The van der Waals surface area contributed by atoms with Gasteiger partial charge in [-0.15, -0.1) is 11.8 Å². The van der Waals surface area contributed by atoms with Crippen LogP contribution in [0.5, 0.6) is 0 Å². The predicted octanol–water partition coefficient (Wildman–Crippen LogP) is 4.62. The van der Waals surface area contributed by atoms with E-state index in [2.05, 4.69) is 61.1 Å². The van der Waals surface area contributed by atoms with Gasteiger partial charge in [-0.2, -0.15) is 4.98 Å². The van der Waals surface area contributed by atoms with Gasteiger partial charge < -0.3 is 8.95 Å². The summed E-state index contributed by atoms with van der Waals surface area (Å²) in [4.78, 5) is 36.4. The number of thioether (sulfide) groups is 1. The number of hydrogen-bond donors (Lipinski definition) is 2. The third kappa shape index (κ3) is 5.93. The fourth-order valence-electron chi connectivity index (χ4n) is 3.67. The Hall–Kier alpha value is -1.46. The Bertz CT molecular complexity index is 1160. The largest absolute Gasteiger partial charge is 0.408 e. The second-order valence-electron chi connectivity index (χ2n) is 10.8. The van der Waals surface area contributed by atoms with Crippen molar-refractivity contribution in [3.8, 4) is 0 Å². The maximum atomic E-state index is 12.7. The smallest absolute Gasteiger partial charge is 0.280 e. The summed E-state index contributed by atoms with van der Waals surface area (Å²) in [6.45, 7) is 18.1. The normalized spacial score (nSPS) is 24.3. The summed E-state index contributed by atoms with van der Waals surface area (Å²) in [5.41, 5.74) is 0.102. The molecule has 2 aromatic heterocycles. The molecule has 35 heavy (non-hydrogen) atoms. The third-order valence-corrected chi connectivity index (χ3v) is 13.5. The molecule has 0 aliphatic carbocycles. The highest BCUT2D eigenvalue weighted by molar-refractivity contribution is 8.00. The number of anilines is 1. The Labute approximate surface area is 212 Å². The minimum atomic E-state index is -2.25. The van der Waals surface area contributed by atoms with Crippen LogP contribution in [0.2, 0.25) is 18.1 Å². The summed E-state index contributed by atoms with van der Waals surface area (Å²) < 4.78 is 26.9. The first kappa shape index (κ1) is 28.1. The van der Waals surface area contributed by atoms with E-state index in [1.54, 1.807) is 38.6 Å². The fourth-order valence-corrected chi connectivity index (χ4v) is 7.41. The number of H-pyrrole nitrogens is 1. The zero-order valence-electron chi connectivity index (χ0n) is 22.0. The Morgan fingerprint density at radius 1 is 1.34 bits per heavy atom. The molecule has 0 radical (unpaired) electrons. The van der Waals surface area contributed by atoms with Crippen LogP contribution < -0.4 is 10.9 Å². The first-order valence-corrected chi connectivity index (χ1v) is 17.6. The molecule has 1 amide bonds. The number of aromatic amines is 1. The van der Waals surface area contributed by atoms with E-state index in [0.29, 0.717) is 5.65 Å². The molecule has 10 nitrogen and oxygen atoms in total. The lowest BCUT2D eigenvalue weighted by Crippen LogP contribution is -2.48. The molecule has 0 spiro atoms. The van der Waals surface area contributed by atoms with Gasteiger partial charge in [0.15, 0.2) is 27.5 Å². The molecule has 1 aliphatic heterocycles. The first-order valence-electron chi connectivity index (χ1n) is 11.9. The summed E-state index contributed by atoms with van der Waals surface area (Å²) in [7, 11) is -4.47. The molecular weight excluding hydrogens is 505 g/mol. The van der Waals surface area contributed by atoms with Crippen molar-refractivity contribution in [2.75, 3.05) is 12.0 Å². The van der Waals surface area contributed by atoms with Gasteiger partial charge in [-0.25, -0.2) is 4.98 Å². The molecule has 13 heteroatoms. The quantitative estimate of drug-likeness (QED) is 0.365. The van der Waals surface area contributed by atoms with E-state index in [-0.39, 0.29) is 45.1 Å². The number of hydrogen-bond acceptors (Lipinski definition) is 8. The average molecular weight is 544 g/mol. The molecule has 2 N–H and O–H groups in total. The highest BCUT2D eigenvalue weighted by Gasteiger charge is 2.51. The van der Waals surface area contributed by atoms with Gasteiger partial charge in [-0.3, -0.25) is 29.0 Å². The summed E-state index contributed by atoms with van der Waals surface area (Å²) in [5, 5.41) is 2.37. The predicted molar refractivity (Wildman–Crippen MR) is 144 cm³/mol. The van der Waals surface area contributed by atoms with E-state index in [4.69, 9.17) is 8.95 Å². The molecule has 196 valence electrons. The van der Waals surface area contributed by atoms with Crippen LogP contribution in [-0.4, -0.2) is 57.9 Å². The van der Waals surface area contributed by atoms with Crippen molar-refractivity contribution in [2.45, 2.75) is 88.9 Å². The monoisotopic (exact) mass is 543 g/mol. The van der Waals surface area contributed by atoms with Crippen LogP contribution in [0.3, 0.4) is 0 Å². The van der Waals surface area contributed by atoms with Crippen molar-refractivity contribution in [3.05, 3.63) is 16.7 Å². The van der Waals surface area contributed by atoms with Crippen LogP contribution >= 0.6 is 19.8 Å². The van der Waals surface area contributed by atoms with Crippen molar-refractivity contribution >= 4 is 51.1 Å². The summed E-state index contributed by atoms with van der Waals surface area (Å²) in [6, 6.07) is 0. The minimum absolute atomic E-state index is 0.0447. The number of rotatable bonds is 8. The van der Waals surface area contributed by atoms with Crippen LogP contribution in [0.4, 0.5) is 5.95 Å². The van der Waals surface area contributed by atoms with Crippen LogP contribution in [0.25, 0.3) is 11.2 Å². The Morgan fingerprint density at radius 3 is 2.54 bits per heavy atom. The van der Waals surface area contributed by atoms with E-state index in [0.717, 1.165) is 6.42 Å². The number of carbonyl (C=O) groups is 1. The van der Waals surface area contributed by atoms with Crippen molar-refractivity contribution in [1.82, 2.24) is 19.5 Å². The van der Waals surface area contributed by atoms with E-state index in [1.807, 2.05) is 4.57 Å². The van der Waals surface area contributed by atoms with Crippen LogP contribution in [0, 0.1) is 5.92 Å². The van der Waals surface area contributed by atoms with Crippen molar-refractivity contribution < 1.29 is 18.3 Å². The van der Waals surface area contributed by atoms with Gasteiger partial charge in [0.1, 0.15) is 17.6 Å². The fraction of sp³-hybridized carbons (Fsp3) is 0.727. The van der Waals surface area contributed by atoms with Gasteiger partial charge in [0.2, 0.25) is 11.9 Å². The maximum absolute atomic E-state index is 12.7. The molecule has 1 aliphatic rings. The van der Waals surface area contributed by atoms with Gasteiger partial charge in [0, 0.05) is 17.8 Å². The second kappa shape index (κ2) is 10.5. The molecule has 3 rings (SSSR count). The molecule has 0 aromatic carbocycles. The van der Waals surface area contributed by atoms with Crippen LogP contribution in [0.1, 0.15) is 53.3 Å². The molecule has 1 saturated heterocycles. The van der Waals surface area contributed by atoms with Gasteiger partial charge in [-0.1, -0.05) is 41.5 Å². The number of nitrogens with zero attached hydrogens (tertiary/aromatic N) is 3. The zero-order chi connectivity index (χ0) is 26.3. The average Bonchev–Trinajstić information content (AvgIpc) is 3.28. The molecule has 1 unspecified atom stereocenters. The summed E-state index contributed by atoms with van der Waals surface area (Å²) in [6.07, 6.45) is 1.60. The lowest BCUT2D eigenvalue weighted by molar-refractivity contribution is -0.118. The van der Waals surface area contributed by atoms with Crippen LogP contribution in [-0.2, 0) is 18.3 Å². The van der Waals surface area contributed by atoms with Gasteiger partial charge >= 0.3 is 0 Å². The number of nitrogens with one attached hydrogen (secondary N) is 2. The second-order valence-corrected chi connectivity index (χ2v) is 18.1. The molecule has 5 atom stereocenters. The molecule has 2 aromatic rings. The SMILES string of the molecule is CC[C@H]1S[C@@H](n2cnc3c(=O)[nH]c(NC(=O)C(C)C)nc32)[C@H](O[Si](C)(C)C(C)(C)C)[C@@H]1O[PH](C)=O. The maximum Gasteiger partial charge on any atom is 0.280 e. The zero-order valence-corrected chi connectivity index (χ0v) is 24.8. The molecule has 0 bridgehead atoms. The highest BCUT2D eigenvalue weighted by atomic mass is 32.2. The first-order chi connectivity index (χ1) is 16.2.